The standard InChI is InChI=1S/C16H16F2O3/c1-19-13-4-6-14(7-5-13)20-9-2-10-21-16-8-3-12(17)11-15(16)18/h3-8,11H,2,9-10H2,1H3. The molecule has 0 aliphatic heterocycles. The van der Waals surface area contributed by atoms with Crippen molar-refractivity contribution >= 4 is 0 Å². The first-order valence-corrected chi connectivity index (χ1v) is 6.54. The van der Waals surface area contributed by atoms with Crippen LogP contribution >= 0.6 is 0 Å². The Hall–Kier alpha value is -2.30. The predicted molar refractivity (Wildman–Crippen MR) is 75.0 cm³/mol. The van der Waals surface area contributed by atoms with Crippen molar-refractivity contribution in [2.24, 2.45) is 0 Å². The molecule has 0 saturated carbocycles. The van der Waals surface area contributed by atoms with Gasteiger partial charge in [-0.25, -0.2) is 8.78 Å². The third kappa shape index (κ3) is 4.63. The van der Waals surface area contributed by atoms with Gasteiger partial charge in [-0.2, -0.15) is 0 Å². The highest BCUT2D eigenvalue weighted by molar-refractivity contribution is 5.31. The van der Waals surface area contributed by atoms with Crippen LogP contribution in [0.25, 0.3) is 0 Å². The van der Waals surface area contributed by atoms with Gasteiger partial charge >= 0.3 is 0 Å². The van der Waals surface area contributed by atoms with Gasteiger partial charge in [-0.3, -0.25) is 0 Å². The first kappa shape index (κ1) is 15.1. The van der Waals surface area contributed by atoms with Gasteiger partial charge in [0.05, 0.1) is 20.3 Å². The van der Waals surface area contributed by atoms with E-state index in [4.69, 9.17) is 14.2 Å². The summed E-state index contributed by atoms with van der Waals surface area (Å²) in [5.74, 6) is 0.204. The molecule has 0 fully saturated rings. The fraction of sp³-hybridized carbons (Fsp3) is 0.250. The molecule has 0 amide bonds. The van der Waals surface area contributed by atoms with Crippen molar-refractivity contribution in [2.75, 3.05) is 20.3 Å². The molecule has 0 atom stereocenters. The van der Waals surface area contributed by atoms with E-state index in [2.05, 4.69) is 0 Å². The molecule has 0 saturated heterocycles. The number of halogens is 2. The second-order valence-corrected chi connectivity index (χ2v) is 4.30. The fourth-order valence-corrected chi connectivity index (χ4v) is 1.70. The lowest BCUT2D eigenvalue weighted by Gasteiger charge is -2.09. The second kappa shape index (κ2) is 7.47. The van der Waals surface area contributed by atoms with Crippen molar-refractivity contribution in [1.29, 1.82) is 0 Å². The molecule has 0 aliphatic rings. The molecule has 0 aliphatic carbocycles. The number of hydrogen-bond donors (Lipinski definition) is 0. The van der Waals surface area contributed by atoms with Crippen LogP contribution in [0.1, 0.15) is 6.42 Å². The van der Waals surface area contributed by atoms with E-state index in [9.17, 15) is 8.78 Å². The SMILES string of the molecule is COc1ccc(OCCCOc2ccc(F)cc2F)cc1. The molecule has 0 radical (unpaired) electrons. The number of ether oxygens (including phenoxy) is 3. The van der Waals surface area contributed by atoms with E-state index in [1.54, 1.807) is 31.4 Å². The minimum Gasteiger partial charge on any atom is -0.497 e. The van der Waals surface area contributed by atoms with Crippen molar-refractivity contribution in [1.82, 2.24) is 0 Å². The molecule has 2 rings (SSSR count). The Morgan fingerprint density at radius 3 is 2.19 bits per heavy atom. The lowest BCUT2D eigenvalue weighted by atomic mass is 10.3. The molecule has 112 valence electrons. The van der Waals surface area contributed by atoms with Gasteiger partial charge in [-0.1, -0.05) is 0 Å². The smallest absolute Gasteiger partial charge is 0.167 e. The summed E-state index contributed by atoms with van der Waals surface area (Å²) >= 11 is 0. The van der Waals surface area contributed by atoms with Crippen LogP contribution in [-0.4, -0.2) is 20.3 Å². The molecular formula is C16H16F2O3. The van der Waals surface area contributed by atoms with E-state index in [0.29, 0.717) is 19.6 Å². The minimum absolute atomic E-state index is 0.0425. The first-order chi connectivity index (χ1) is 10.2. The van der Waals surface area contributed by atoms with Crippen molar-refractivity contribution in [3.63, 3.8) is 0 Å². The molecule has 0 spiro atoms. The zero-order valence-corrected chi connectivity index (χ0v) is 11.6. The number of methoxy groups -OCH3 is 1. The van der Waals surface area contributed by atoms with Crippen LogP contribution in [0.2, 0.25) is 0 Å². The van der Waals surface area contributed by atoms with Crippen LogP contribution in [0.15, 0.2) is 42.5 Å². The lowest BCUT2D eigenvalue weighted by molar-refractivity contribution is 0.241. The maximum Gasteiger partial charge on any atom is 0.167 e. The normalized spacial score (nSPS) is 10.2. The van der Waals surface area contributed by atoms with Crippen molar-refractivity contribution < 1.29 is 23.0 Å². The third-order valence-corrected chi connectivity index (χ3v) is 2.77. The molecule has 5 heteroatoms. The van der Waals surface area contributed by atoms with Crippen LogP contribution < -0.4 is 14.2 Å². The van der Waals surface area contributed by atoms with Crippen LogP contribution in [0, 0.1) is 11.6 Å². The van der Waals surface area contributed by atoms with E-state index >= 15 is 0 Å². The average molecular weight is 294 g/mol. The molecule has 2 aromatic carbocycles. The molecule has 3 nitrogen and oxygen atoms in total. The maximum atomic E-state index is 13.3. The molecule has 21 heavy (non-hydrogen) atoms. The van der Waals surface area contributed by atoms with Gasteiger partial charge in [0.1, 0.15) is 17.3 Å². The summed E-state index contributed by atoms with van der Waals surface area (Å²) in [4.78, 5) is 0. The van der Waals surface area contributed by atoms with Gasteiger partial charge in [0.2, 0.25) is 0 Å². The Kier molecular flexibility index (Phi) is 5.37. The molecule has 0 N–H and O–H groups in total. The summed E-state index contributed by atoms with van der Waals surface area (Å²) in [5.41, 5.74) is 0. The highest BCUT2D eigenvalue weighted by atomic mass is 19.1. The zero-order chi connectivity index (χ0) is 15.1. The monoisotopic (exact) mass is 294 g/mol. The van der Waals surface area contributed by atoms with Crippen molar-refractivity contribution in [2.45, 2.75) is 6.42 Å². The molecule has 0 bridgehead atoms. The zero-order valence-electron chi connectivity index (χ0n) is 11.6. The van der Waals surface area contributed by atoms with Gasteiger partial charge in [-0.05, 0) is 36.4 Å². The largest absolute Gasteiger partial charge is 0.497 e. The van der Waals surface area contributed by atoms with E-state index in [-0.39, 0.29) is 5.75 Å². The van der Waals surface area contributed by atoms with E-state index in [1.807, 2.05) is 0 Å². The minimum atomic E-state index is -0.703. The van der Waals surface area contributed by atoms with Gasteiger partial charge in [0, 0.05) is 12.5 Å². The highest BCUT2D eigenvalue weighted by Crippen LogP contribution is 2.18. The third-order valence-electron chi connectivity index (χ3n) is 2.77. The Labute approximate surface area is 122 Å². The van der Waals surface area contributed by atoms with Gasteiger partial charge in [-0.15, -0.1) is 0 Å². The molecule has 2 aromatic rings. The second-order valence-electron chi connectivity index (χ2n) is 4.30. The summed E-state index contributed by atoms with van der Waals surface area (Å²) in [6, 6.07) is 10.4. The molecule has 0 aromatic heterocycles. The van der Waals surface area contributed by atoms with E-state index < -0.39 is 11.6 Å². The molecular weight excluding hydrogens is 278 g/mol. The van der Waals surface area contributed by atoms with Crippen LogP contribution in [0.5, 0.6) is 17.2 Å². The Morgan fingerprint density at radius 2 is 1.52 bits per heavy atom. The van der Waals surface area contributed by atoms with Gasteiger partial charge in [0.15, 0.2) is 11.6 Å². The summed E-state index contributed by atoms with van der Waals surface area (Å²) in [6.07, 6.45) is 0.586. The number of rotatable bonds is 7. The predicted octanol–water partition coefficient (Wildman–Crippen LogP) is 3.82. The Morgan fingerprint density at radius 1 is 0.857 bits per heavy atom. The van der Waals surface area contributed by atoms with Crippen molar-refractivity contribution in [3.05, 3.63) is 54.1 Å². The van der Waals surface area contributed by atoms with Gasteiger partial charge < -0.3 is 14.2 Å². The van der Waals surface area contributed by atoms with Crippen LogP contribution in [0.4, 0.5) is 8.78 Å². The molecule has 0 unspecified atom stereocenters. The Balaban J connectivity index is 1.69. The summed E-state index contributed by atoms with van der Waals surface area (Å²) < 4.78 is 41.8. The summed E-state index contributed by atoms with van der Waals surface area (Å²) in [6.45, 7) is 0.730. The summed E-state index contributed by atoms with van der Waals surface area (Å²) in [7, 11) is 1.60. The fourth-order valence-electron chi connectivity index (χ4n) is 1.70. The molecule has 0 heterocycles. The quantitative estimate of drug-likeness (QED) is 0.727. The van der Waals surface area contributed by atoms with Crippen molar-refractivity contribution in [3.8, 4) is 17.2 Å². The van der Waals surface area contributed by atoms with E-state index in [1.165, 1.54) is 6.07 Å². The van der Waals surface area contributed by atoms with Crippen LogP contribution in [-0.2, 0) is 0 Å². The number of benzene rings is 2. The lowest BCUT2D eigenvalue weighted by Crippen LogP contribution is -2.05. The Bertz CT molecular complexity index is 570. The van der Waals surface area contributed by atoms with Gasteiger partial charge in [0.25, 0.3) is 0 Å². The first-order valence-electron chi connectivity index (χ1n) is 6.54. The number of hydrogen-bond acceptors (Lipinski definition) is 3. The van der Waals surface area contributed by atoms with Crippen LogP contribution in [0.3, 0.4) is 0 Å². The average Bonchev–Trinajstić information content (AvgIpc) is 2.49. The topological polar surface area (TPSA) is 27.7 Å². The van der Waals surface area contributed by atoms with E-state index in [0.717, 1.165) is 23.6 Å². The maximum absolute atomic E-state index is 13.3. The summed E-state index contributed by atoms with van der Waals surface area (Å²) in [5, 5.41) is 0. The highest BCUT2D eigenvalue weighted by Gasteiger charge is 2.04.